The Kier molecular flexibility index (Phi) is 10.4. The Morgan fingerprint density at radius 1 is 1.15 bits per heavy atom. The minimum Gasteiger partial charge on any atom is -0.489 e. The van der Waals surface area contributed by atoms with Crippen molar-refractivity contribution in [3.63, 3.8) is 0 Å². The fourth-order valence-electron chi connectivity index (χ4n) is 2.32. The summed E-state index contributed by atoms with van der Waals surface area (Å²) in [7, 11) is 1.73. The second-order valence-corrected chi connectivity index (χ2v) is 5.44. The highest BCUT2D eigenvalue weighted by Crippen LogP contribution is 2.17. The quantitative estimate of drug-likeness (QED) is 0.267. The zero-order valence-corrected chi connectivity index (χ0v) is 17.2. The predicted octanol–water partition coefficient (Wildman–Crippen LogP) is 3.92. The van der Waals surface area contributed by atoms with E-state index in [1.54, 1.807) is 25.3 Å². The minimum atomic E-state index is -0.216. The molecule has 0 fully saturated rings. The van der Waals surface area contributed by atoms with Gasteiger partial charge in [-0.2, -0.15) is 0 Å². The van der Waals surface area contributed by atoms with Gasteiger partial charge in [-0.05, 0) is 30.2 Å². The van der Waals surface area contributed by atoms with E-state index in [0.29, 0.717) is 25.7 Å². The Bertz CT molecular complexity index is 704. The van der Waals surface area contributed by atoms with E-state index in [4.69, 9.17) is 4.74 Å². The van der Waals surface area contributed by atoms with Gasteiger partial charge in [0.1, 0.15) is 18.2 Å². The van der Waals surface area contributed by atoms with Gasteiger partial charge in [0, 0.05) is 25.7 Å². The average Bonchev–Trinajstić information content (AvgIpc) is 2.65. The Morgan fingerprint density at radius 3 is 2.58 bits per heavy atom. The Labute approximate surface area is 171 Å². The number of ether oxygens (including phenoxy) is 1. The molecule has 26 heavy (non-hydrogen) atoms. The van der Waals surface area contributed by atoms with Crippen molar-refractivity contribution in [1.82, 2.24) is 10.6 Å². The number of benzene rings is 2. The van der Waals surface area contributed by atoms with E-state index < -0.39 is 0 Å². The molecule has 2 aromatic carbocycles. The molecule has 0 saturated carbocycles. The third-order valence-corrected chi connectivity index (χ3v) is 3.62. The zero-order chi connectivity index (χ0) is 17.9. The van der Waals surface area contributed by atoms with Crippen LogP contribution in [0.4, 0.5) is 4.39 Å². The van der Waals surface area contributed by atoms with E-state index in [1.807, 2.05) is 24.3 Å². The number of hydrogen-bond donors (Lipinski definition) is 2. The summed E-state index contributed by atoms with van der Waals surface area (Å²) in [5.41, 5.74) is 2.12. The highest BCUT2D eigenvalue weighted by Gasteiger charge is 2.04. The van der Waals surface area contributed by atoms with Crippen molar-refractivity contribution in [2.45, 2.75) is 13.0 Å². The number of para-hydroxylation sites is 1. The lowest BCUT2D eigenvalue weighted by atomic mass is 10.1. The first kappa shape index (κ1) is 22.0. The van der Waals surface area contributed by atoms with E-state index >= 15 is 0 Å². The van der Waals surface area contributed by atoms with Gasteiger partial charge >= 0.3 is 0 Å². The number of nitrogens with zero attached hydrogens (tertiary/aromatic N) is 1. The smallest absolute Gasteiger partial charge is 0.191 e. The lowest BCUT2D eigenvalue weighted by Gasteiger charge is -2.14. The SMILES string of the molecule is C=CCOc1ccccc1CNC(=NC)NCCc1ccc(F)cc1.I. The van der Waals surface area contributed by atoms with Crippen molar-refractivity contribution >= 4 is 29.9 Å². The molecular weight excluding hydrogens is 444 g/mol. The van der Waals surface area contributed by atoms with Gasteiger partial charge in [0.15, 0.2) is 5.96 Å². The van der Waals surface area contributed by atoms with Crippen LogP contribution in [-0.2, 0) is 13.0 Å². The molecule has 6 heteroatoms. The van der Waals surface area contributed by atoms with Gasteiger partial charge in [-0.15, -0.1) is 24.0 Å². The monoisotopic (exact) mass is 469 g/mol. The summed E-state index contributed by atoms with van der Waals surface area (Å²) in [5, 5.41) is 6.52. The van der Waals surface area contributed by atoms with Gasteiger partial charge < -0.3 is 15.4 Å². The molecule has 0 aromatic heterocycles. The second-order valence-electron chi connectivity index (χ2n) is 5.44. The summed E-state index contributed by atoms with van der Waals surface area (Å²) in [5.74, 6) is 1.32. The molecule has 0 amide bonds. The van der Waals surface area contributed by atoms with Crippen molar-refractivity contribution in [2.75, 3.05) is 20.2 Å². The molecule has 0 saturated heterocycles. The van der Waals surface area contributed by atoms with E-state index in [0.717, 1.165) is 23.3 Å². The zero-order valence-electron chi connectivity index (χ0n) is 14.9. The molecule has 140 valence electrons. The second kappa shape index (κ2) is 12.3. The lowest BCUT2D eigenvalue weighted by molar-refractivity contribution is 0.358. The van der Waals surface area contributed by atoms with Crippen LogP contribution in [0.25, 0.3) is 0 Å². The third kappa shape index (κ3) is 7.43. The molecule has 2 N–H and O–H groups in total. The average molecular weight is 469 g/mol. The molecular formula is C20H25FIN3O. The van der Waals surface area contributed by atoms with Crippen molar-refractivity contribution in [1.29, 1.82) is 0 Å². The number of nitrogens with one attached hydrogen (secondary N) is 2. The Morgan fingerprint density at radius 2 is 1.88 bits per heavy atom. The number of guanidine groups is 1. The maximum absolute atomic E-state index is 12.9. The topological polar surface area (TPSA) is 45.6 Å². The summed E-state index contributed by atoms with van der Waals surface area (Å²) in [6, 6.07) is 14.4. The molecule has 0 heterocycles. The number of hydrogen-bond acceptors (Lipinski definition) is 2. The van der Waals surface area contributed by atoms with Gasteiger partial charge in [0.2, 0.25) is 0 Å². The number of rotatable bonds is 8. The first-order chi connectivity index (χ1) is 12.2. The van der Waals surface area contributed by atoms with Crippen molar-refractivity contribution < 1.29 is 9.13 Å². The van der Waals surface area contributed by atoms with Gasteiger partial charge in [0.05, 0.1) is 0 Å². The largest absolute Gasteiger partial charge is 0.489 e. The molecule has 0 radical (unpaired) electrons. The number of halogens is 2. The van der Waals surface area contributed by atoms with Crippen molar-refractivity contribution in [3.05, 3.63) is 78.1 Å². The first-order valence-electron chi connectivity index (χ1n) is 8.23. The van der Waals surface area contributed by atoms with Crippen LogP contribution in [0.5, 0.6) is 5.75 Å². The highest BCUT2D eigenvalue weighted by molar-refractivity contribution is 14.0. The molecule has 2 rings (SSSR count). The van der Waals surface area contributed by atoms with Gasteiger partial charge in [0.25, 0.3) is 0 Å². The fourth-order valence-corrected chi connectivity index (χ4v) is 2.32. The number of aliphatic imine (C=N–C) groups is 1. The molecule has 0 bridgehead atoms. The maximum atomic E-state index is 12.9. The molecule has 0 aliphatic rings. The van der Waals surface area contributed by atoms with Crippen LogP contribution in [0.3, 0.4) is 0 Å². The van der Waals surface area contributed by atoms with Crippen LogP contribution in [-0.4, -0.2) is 26.2 Å². The summed E-state index contributed by atoms with van der Waals surface area (Å²) >= 11 is 0. The van der Waals surface area contributed by atoms with Crippen LogP contribution in [0.2, 0.25) is 0 Å². The fraction of sp³-hybridized carbons (Fsp3) is 0.250. The van der Waals surface area contributed by atoms with Gasteiger partial charge in [-0.1, -0.05) is 43.0 Å². The lowest BCUT2D eigenvalue weighted by Crippen LogP contribution is -2.37. The van der Waals surface area contributed by atoms with E-state index in [2.05, 4.69) is 22.2 Å². The Balaban J connectivity index is 0.00000338. The molecule has 0 spiro atoms. The van der Waals surface area contributed by atoms with Gasteiger partial charge in [-0.25, -0.2) is 4.39 Å². The standard InChI is InChI=1S/C20H24FN3O.HI/c1-3-14-25-19-7-5-4-6-17(19)15-24-20(22-2)23-13-12-16-8-10-18(21)11-9-16;/h3-11H,1,12-15H2,2H3,(H2,22,23,24);1H. The first-order valence-corrected chi connectivity index (χ1v) is 8.23. The summed E-state index contributed by atoms with van der Waals surface area (Å²) in [6.07, 6.45) is 2.51. The normalized spacial score (nSPS) is 10.6. The van der Waals surface area contributed by atoms with Crippen LogP contribution < -0.4 is 15.4 Å². The van der Waals surface area contributed by atoms with Crippen molar-refractivity contribution in [3.8, 4) is 5.75 Å². The van der Waals surface area contributed by atoms with E-state index in [9.17, 15) is 4.39 Å². The Hall–Kier alpha value is -2.09. The molecule has 0 unspecified atom stereocenters. The molecule has 0 atom stereocenters. The molecule has 4 nitrogen and oxygen atoms in total. The van der Waals surface area contributed by atoms with Crippen LogP contribution in [0.15, 0.2) is 66.2 Å². The summed E-state index contributed by atoms with van der Waals surface area (Å²) in [6.45, 7) is 5.45. The highest BCUT2D eigenvalue weighted by atomic mass is 127. The predicted molar refractivity (Wildman–Crippen MR) is 116 cm³/mol. The minimum absolute atomic E-state index is 0. The molecule has 2 aromatic rings. The van der Waals surface area contributed by atoms with Gasteiger partial charge in [-0.3, -0.25) is 4.99 Å². The maximum Gasteiger partial charge on any atom is 0.191 e. The van der Waals surface area contributed by atoms with Crippen LogP contribution in [0.1, 0.15) is 11.1 Å². The van der Waals surface area contributed by atoms with E-state index in [1.165, 1.54) is 12.1 Å². The van der Waals surface area contributed by atoms with Crippen LogP contribution in [0, 0.1) is 5.82 Å². The van der Waals surface area contributed by atoms with E-state index in [-0.39, 0.29) is 29.8 Å². The van der Waals surface area contributed by atoms with Crippen molar-refractivity contribution in [2.24, 2.45) is 4.99 Å². The van der Waals surface area contributed by atoms with Crippen LogP contribution >= 0.6 is 24.0 Å². The summed E-state index contributed by atoms with van der Waals surface area (Å²) in [4.78, 5) is 4.22. The summed E-state index contributed by atoms with van der Waals surface area (Å²) < 4.78 is 18.6. The third-order valence-electron chi connectivity index (χ3n) is 3.62. The molecule has 0 aliphatic carbocycles. The molecule has 0 aliphatic heterocycles.